The van der Waals surface area contributed by atoms with Crippen molar-refractivity contribution in [2.45, 2.75) is 19.4 Å². The van der Waals surface area contributed by atoms with Crippen molar-refractivity contribution in [3.63, 3.8) is 0 Å². The molecule has 1 aromatic heterocycles. The molecule has 5 nitrogen and oxygen atoms in total. The Morgan fingerprint density at radius 1 is 1.40 bits per heavy atom. The van der Waals surface area contributed by atoms with Crippen molar-refractivity contribution in [2.75, 3.05) is 27.2 Å². The van der Waals surface area contributed by atoms with Crippen LogP contribution in [0.15, 0.2) is 16.8 Å². The van der Waals surface area contributed by atoms with Crippen LogP contribution < -0.4 is 0 Å². The van der Waals surface area contributed by atoms with Crippen LogP contribution in [0.25, 0.3) is 0 Å². The molecule has 20 heavy (non-hydrogen) atoms. The Morgan fingerprint density at radius 2 is 2.10 bits per heavy atom. The van der Waals surface area contributed by atoms with Gasteiger partial charge in [-0.1, -0.05) is 0 Å². The number of piperidine rings is 1. The molecule has 0 spiro atoms. The molecule has 2 rings (SSSR count). The number of likely N-dealkylation sites (tertiary alicyclic amines) is 1. The van der Waals surface area contributed by atoms with Crippen molar-refractivity contribution >= 4 is 23.3 Å². The van der Waals surface area contributed by atoms with E-state index in [1.165, 1.54) is 0 Å². The molecule has 0 aromatic carbocycles. The summed E-state index contributed by atoms with van der Waals surface area (Å²) in [6.45, 7) is 1.59. The van der Waals surface area contributed by atoms with E-state index in [2.05, 4.69) is 0 Å². The summed E-state index contributed by atoms with van der Waals surface area (Å²) in [5.74, 6) is -0.229. The Hall–Kier alpha value is -1.56. The van der Waals surface area contributed by atoms with Gasteiger partial charge < -0.3 is 14.5 Å². The number of esters is 1. The molecule has 0 saturated carbocycles. The van der Waals surface area contributed by atoms with Gasteiger partial charge in [0, 0.05) is 32.7 Å². The average molecular weight is 296 g/mol. The molecule has 1 aliphatic rings. The minimum Gasteiger partial charge on any atom is -0.461 e. The number of carbonyl (C=O) groups is 2. The number of rotatable bonds is 3. The van der Waals surface area contributed by atoms with Gasteiger partial charge >= 0.3 is 12.0 Å². The Kier molecular flexibility index (Phi) is 5.00. The molecular weight excluding hydrogens is 276 g/mol. The minimum atomic E-state index is -0.145. The zero-order valence-corrected chi connectivity index (χ0v) is 12.7. The second-order valence-electron chi connectivity index (χ2n) is 5.18. The third kappa shape index (κ3) is 3.72. The average Bonchev–Trinajstić information content (AvgIpc) is 2.97. The molecule has 1 aromatic rings. The smallest absolute Gasteiger partial charge is 0.319 e. The summed E-state index contributed by atoms with van der Waals surface area (Å²) in [6.07, 6.45) is 1.37. The van der Waals surface area contributed by atoms with E-state index >= 15 is 0 Å². The summed E-state index contributed by atoms with van der Waals surface area (Å²) >= 11 is 1.59. The Balaban J connectivity index is 1.75. The standard InChI is InChI=1S/C14H20N2O3S/c1-15(2)14(18)16-6-3-12(4-7-16)13(17)19-9-11-5-8-20-10-11/h5,8,10,12H,3-4,6-7,9H2,1-2H3. The molecule has 0 bridgehead atoms. The highest BCUT2D eigenvalue weighted by atomic mass is 32.1. The van der Waals surface area contributed by atoms with Crippen molar-refractivity contribution in [1.29, 1.82) is 0 Å². The number of carbonyl (C=O) groups excluding carboxylic acids is 2. The van der Waals surface area contributed by atoms with Crippen LogP contribution in [0.1, 0.15) is 18.4 Å². The van der Waals surface area contributed by atoms with Crippen LogP contribution in [0.4, 0.5) is 4.79 Å². The summed E-state index contributed by atoms with van der Waals surface area (Å²) in [6, 6.07) is 1.96. The number of ether oxygens (including phenoxy) is 1. The van der Waals surface area contributed by atoms with Crippen LogP contribution in [0, 0.1) is 5.92 Å². The van der Waals surface area contributed by atoms with Gasteiger partial charge in [0.1, 0.15) is 6.61 Å². The maximum atomic E-state index is 12.0. The first-order chi connectivity index (χ1) is 9.58. The summed E-state index contributed by atoms with van der Waals surface area (Å²) < 4.78 is 5.32. The quantitative estimate of drug-likeness (QED) is 0.803. The second-order valence-corrected chi connectivity index (χ2v) is 5.96. The van der Waals surface area contributed by atoms with Gasteiger partial charge in [0.05, 0.1) is 5.92 Å². The first kappa shape index (κ1) is 14.8. The van der Waals surface area contributed by atoms with Crippen molar-refractivity contribution in [1.82, 2.24) is 9.80 Å². The Morgan fingerprint density at radius 3 is 2.65 bits per heavy atom. The lowest BCUT2D eigenvalue weighted by Crippen LogP contribution is -2.45. The molecular formula is C14H20N2O3S. The molecule has 110 valence electrons. The molecule has 6 heteroatoms. The lowest BCUT2D eigenvalue weighted by Gasteiger charge is -2.32. The third-order valence-electron chi connectivity index (χ3n) is 3.44. The number of amides is 2. The van der Waals surface area contributed by atoms with Crippen LogP contribution in [0.5, 0.6) is 0 Å². The fraction of sp³-hybridized carbons (Fsp3) is 0.571. The topological polar surface area (TPSA) is 49.9 Å². The van der Waals surface area contributed by atoms with Crippen molar-refractivity contribution in [2.24, 2.45) is 5.92 Å². The third-order valence-corrected chi connectivity index (χ3v) is 4.17. The molecule has 0 unspecified atom stereocenters. The molecule has 2 amide bonds. The van der Waals surface area contributed by atoms with Crippen LogP contribution in [0.2, 0.25) is 0 Å². The molecule has 0 atom stereocenters. The molecule has 1 aliphatic heterocycles. The molecule has 0 radical (unpaired) electrons. The lowest BCUT2D eigenvalue weighted by atomic mass is 9.97. The number of hydrogen-bond acceptors (Lipinski definition) is 4. The van der Waals surface area contributed by atoms with E-state index in [0.717, 1.165) is 5.56 Å². The van der Waals surface area contributed by atoms with E-state index in [0.29, 0.717) is 32.5 Å². The van der Waals surface area contributed by atoms with E-state index in [1.54, 1.807) is 35.2 Å². The zero-order valence-electron chi connectivity index (χ0n) is 11.9. The van der Waals surface area contributed by atoms with Gasteiger partial charge in [-0.25, -0.2) is 4.79 Å². The highest BCUT2D eigenvalue weighted by Crippen LogP contribution is 2.20. The predicted octanol–water partition coefficient (Wildman–Crippen LogP) is 2.18. The number of nitrogens with zero attached hydrogens (tertiary/aromatic N) is 2. The van der Waals surface area contributed by atoms with E-state index in [-0.39, 0.29) is 17.9 Å². The van der Waals surface area contributed by atoms with E-state index in [9.17, 15) is 9.59 Å². The summed E-state index contributed by atoms with van der Waals surface area (Å²) in [5.41, 5.74) is 1.03. The second kappa shape index (κ2) is 6.74. The fourth-order valence-electron chi connectivity index (χ4n) is 2.24. The number of thiophene rings is 1. The fourth-order valence-corrected chi connectivity index (χ4v) is 2.89. The summed E-state index contributed by atoms with van der Waals surface area (Å²) in [4.78, 5) is 27.1. The monoisotopic (exact) mass is 296 g/mol. The highest BCUT2D eigenvalue weighted by Gasteiger charge is 2.28. The highest BCUT2D eigenvalue weighted by molar-refractivity contribution is 7.07. The van der Waals surface area contributed by atoms with Crippen LogP contribution in [-0.4, -0.2) is 49.0 Å². The SMILES string of the molecule is CN(C)C(=O)N1CCC(C(=O)OCc2ccsc2)CC1. The summed E-state index contributed by atoms with van der Waals surface area (Å²) in [5, 5.41) is 3.94. The van der Waals surface area contributed by atoms with Gasteiger partial charge in [-0.05, 0) is 29.7 Å². The first-order valence-corrected chi connectivity index (χ1v) is 7.66. The molecule has 2 heterocycles. The van der Waals surface area contributed by atoms with Crippen LogP contribution in [-0.2, 0) is 16.1 Å². The Labute approximate surface area is 123 Å². The molecule has 1 saturated heterocycles. The van der Waals surface area contributed by atoms with Crippen LogP contribution in [0.3, 0.4) is 0 Å². The van der Waals surface area contributed by atoms with Crippen molar-refractivity contribution in [3.8, 4) is 0 Å². The van der Waals surface area contributed by atoms with E-state index in [4.69, 9.17) is 4.74 Å². The predicted molar refractivity (Wildman–Crippen MR) is 77.5 cm³/mol. The normalized spacial score (nSPS) is 16.0. The van der Waals surface area contributed by atoms with Crippen LogP contribution >= 0.6 is 11.3 Å². The zero-order chi connectivity index (χ0) is 14.5. The van der Waals surface area contributed by atoms with E-state index < -0.39 is 0 Å². The molecule has 0 N–H and O–H groups in total. The molecule has 1 fully saturated rings. The Bertz CT molecular complexity index is 451. The summed E-state index contributed by atoms with van der Waals surface area (Å²) in [7, 11) is 3.48. The maximum absolute atomic E-state index is 12.0. The largest absolute Gasteiger partial charge is 0.461 e. The maximum Gasteiger partial charge on any atom is 0.319 e. The first-order valence-electron chi connectivity index (χ1n) is 6.72. The number of hydrogen-bond donors (Lipinski definition) is 0. The number of urea groups is 1. The van der Waals surface area contributed by atoms with Gasteiger partial charge in [-0.15, -0.1) is 0 Å². The van der Waals surface area contributed by atoms with Crippen molar-refractivity contribution < 1.29 is 14.3 Å². The van der Waals surface area contributed by atoms with Crippen molar-refractivity contribution in [3.05, 3.63) is 22.4 Å². The van der Waals surface area contributed by atoms with Gasteiger partial charge in [-0.2, -0.15) is 11.3 Å². The van der Waals surface area contributed by atoms with E-state index in [1.807, 2.05) is 16.8 Å². The van der Waals surface area contributed by atoms with Gasteiger partial charge in [0.25, 0.3) is 0 Å². The lowest BCUT2D eigenvalue weighted by molar-refractivity contribution is -0.151. The van der Waals surface area contributed by atoms with Gasteiger partial charge in [0.15, 0.2) is 0 Å². The van der Waals surface area contributed by atoms with Gasteiger partial charge in [0.2, 0.25) is 0 Å². The minimum absolute atomic E-state index is 0.00934. The molecule has 0 aliphatic carbocycles. The van der Waals surface area contributed by atoms with Gasteiger partial charge in [-0.3, -0.25) is 4.79 Å².